The van der Waals surface area contributed by atoms with Crippen LogP contribution in [0, 0.1) is 11.3 Å². The normalized spacial score (nSPS) is 28.2. The Morgan fingerprint density at radius 2 is 1.94 bits per heavy atom. The van der Waals surface area contributed by atoms with Gasteiger partial charge in [-0.25, -0.2) is 15.0 Å². The lowest BCUT2D eigenvalue weighted by Gasteiger charge is -2.42. The Kier molecular flexibility index (Phi) is 5.65. The van der Waals surface area contributed by atoms with E-state index in [1.807, 2.05) is 22.8 Å². The molecule has 0 spiro atoms. The Morgan fingerprint density at radius 3 is 2.60 bits per heavy atom. The molecule has 5 atom stereocenters. The van der Waals surface area contributed by atoms with Gasteiger partial charge in [-0.05, 0) is 49.0 Å². The summed E-state index contributed by atoms with van der Waals surface area (Å²) in [6, 6.07) is 8.95. The van der Waals surface area contributed by atoms with Crippen LogP contribution in [0.5, 0.6) is 0 Å². The quantitative estimate of drug-likeness (QED) is 0.478. The van der Waals surface area contributed by atoms with Crippen LogP contribution < -0.4 is 5.32 Å². The number of fused-ring (bicyclic) bond motifs is 2. The van der Waals surface area contributed by atoms with Gasteiger partial charge in [0.05, 0.1) is 24.6 Å². The lowest BCUT2D eigenvalue weighted by molar-refractivity contribution is -0.0109. The standard InChI is InChI=1S/C26H35N5O3Si/c1-7-26-13-17(26)19(20(21(26)32)34-35(5,6)25(2,3)4)31-15-29-18-22(27-14-28-23(18)31)30-24(33)16-11-9-8-10-12-16/h8-12,14-15,17,19-21,32H,7,13H2,1-6H3,(H,27,28,30,33)/t17-,19-,20+,21+,26-/m1/s1. The number of aliphatic hydroxyl groups excluding tert-OH is 1. The van der Waals surface area contributed by atoms with Crippen LogP contribution in [-0.4, -0.2) is 51.1 Å². The first-order valence-electron chi connectivity index (χ1n) is 12.4. The predicted molar refractivity (Wildman–Crippen MR) is 138 cm³/mol. The van der Waals surface area contributed by atoms with Crippen molar-refractivity contribution in [2.45, 2.75) is 76.9 Å². The fraction of sp³-hybridized carbons (Fsp3) is 0.538. The molecular weight excluding hydrogens is 458 g/mol. The molecule has 2 aliphatic rings. The van der Waals surface area contributed by atoms with Gasteiger partial charge in [0.2, 0.25) is 0 Å². The van der Waals surface area contributed by atoms with E-state index < -0.39 is 14.4 Å². The first-order chi connectivity index (χ1) is 16.5. The van der Waals surface area contributed by atoms with Gasteiger partial charge in [0, 0.05) is 11.0 Å². The van der Waals surface area contributed by atoms with Gasteiger partial charge >= 0.3 is 0 Å². The molecule has 35 heavy (non-hydrogen) atoms. The Balaban J connectivity index is 1.51. The number of nitrogens with one attached hydrogen (secondary N) is 1. The lowest BCUT2D eigenvalue weighted by atomic mass is 9.96. The minimum Gasteiger partial charge on any atom is -0.409 e. The van der Waals surface area contributed by atoms with Gasteiger partial charge < -0.3 is 19.4 Å². The van der Waals surface area contributed by atoms with Crippen molar-refractivity contribution >= 4 is 31.2 Å². The molecule has 0 bridgehead atoms. The van der Waals surface area contributed by atoms with Crippen molar-refractivity contribution in [2.24, 2.45) is 11.3 Å². The summed E-state index contributed by atoms with van der Waals surface area (Å²) in [5.74, 6) is 0.426. The summed E-state index contributed by atoms with van der Waals surface area (Å²) in [4.78, 5) is 26.2. The molecule has 2 saturated carbocycles. The topological polar surface area (TPSA) is 102 Å². The second-order valence-corrected chi connectivity index (χ2v) is 16.3. The van der Waals surface area contributed by atoms with Gasteiger partial charge in [0.1, 0.15) is 6.33 Å². The Bertz CT molecular complexity index is 1250. The summed E-state index contributed by atoms with van der Waals surface area (Å²) in [5.41, 5.74) is 1.60. The zero-order chi connectivity index (χ0) is 25.2. The summed E-state index contributed by atoms with van der Waals surface area (Å²) in [6.07, 6.45) is 4.23. The average Bonchev–Trinajstić information content (AvgIpc) is 3.32. The number of hydrogen-bond donors (Lipinski definition) is 2. The Hall–Kier alpha value is -2.62. The summed E-state index contributed by atoms with van der Waals surface area (Å²) in [5, 5.41) is 14.4. The van der Waals surface area contributed by atoms with E-state index in [0.29, 0.717) is 28.5 Å². The summed E-state index contributed by atoms with van der Waals surface area (Å²) in [7, 11) is -2.14. The van der Waals surface area contributed by atoms with Gasteiger partial charge in [0.15, 0.2) is 25.3 Å². The van der Waals surface area contributed by atoms with Gasteiger partial charge in [-0.2, -0.15) is 0 Å². The Labute approximate surface area is 207 Å². The van der Waals surface area contributed by atoms with Crippen LogP contribution >= 0.6 is 0 Å². The molecule has 5 rings (SSSR count). The number of aromatic nitrogens is 4. The zero-order valence-electron chi connectivity index (χ0n) is 21.3. The van der Waals surface area contributed by atoms with Crippen LogP contribution in [0.3, 0.4) is 0 Å². The van der Waals surface area contributed by atoms with Crippen LogP contribution in [0.25, 0.3) is 11.2 Å². The summed E-state index contributed by atoms with van der Waals surface area (Å²) >= 11 is 0. The highest BCUT2D eigenvalue weighted by Gasteiger charge is 2.71. The highest BCUT2D eigenvalue weighted by atomic mass is 28.4. The number of aliphatic hydroxyl groups is 1. The molecule has 2 aromatic heterocycles. The molecule has 8 nitrogen and oxygen atoms in total. The van der Waals surface area contributed by atoms with Gasteiger partial charge in [-0.1, -0.05) is 45.9 Å². The van der Waals surface area contributed by atoms with E-state index >= 15 is 0 Å². The number of imidazole rings is 1. The SMILES string of the molecule is CC[C@@]12C[C@@H]1[C@@H](n1cnc3c(NC(=O)c4ccccc4)ncnc31)[C@H](O[Si](C)(C)C(C)(C)C)[C@@H]2O. The molecule has 9 heteroatoms. The highest BCUT2D eigenvalue weighted by molar-refractivity contribution is 6.74. The monoisotopic (exact) mass is 493 g/mol. The van der Waals surface area contributed by atoms with Gasteiger partial charge in [-0.3, -0.25) is 4.79 Å². The predicted octanol–water partition coefficient (Wildman–Crippen LogP) is 4.80. The van der Waals surface area contributed by atoms with Crippen LogP contribution in [-0.2, 0) is 4.43 Å². The van der Waals surface area contributed by atoms with Crippen molar-refractivity contribution in [3.8, 4) is 0 Å². The number of nitrogens with zero attached hydrogens (tertiary/aromatic N) is 4. The molecule has 0 saturated heterocycles. The first kappa shape index (κ1) is 24.1. The number of carbonyl (C=O) groups is 1. The fourth-order valence-corrected chi connectivity index (χ4v) is 6.75. The van der Waals surface area contributed by atoms with Crippen molar-refractivity contribution < 1.29 is 14.3 Å². The molecular formula is C26H35N5O3Si. The maximum Gasteiger partial charge on any atom is 0.256 e. The van der Waals surface area contributed by atoms with E-state index in [9.17, 15) is 9.90 Å². The lowest BCUT2D eigenvalue weighted by Crippen LogP contribution is -2.49. The third-order valence-electron chi connectivity index (χ3n) is 8.67. The first-order valence-corrected chi connectivity index (χ1v) is 15.3. The average molecular weight is 494 g/mol. The summed E-state index contributed by atoms with van der Waals surface area (Å²) < 4.78 is 8.92. The third kappa shape index (κ3) is 3.80. The molecule has 2 N–H and O–H groups in total. The van der Waals surface area contributed by atoms with Crippen LogP contribution in [0.2, 0.25) is 18.1 Å². The number of carbonyl (C=O) groups excluding carboxylic acids is 1. The summed E-state index contributed by atoms with van der Waals surface area (Å²) in [6.45, 7) is 13.3. The number of hydrogen-bond acceptors (Lipinski definition) is 6. The molecule has 0 unspecified atom stereocenters. The molecule has 1 aromatic carbocycles. The molecule has 186 valence electrons. The van der Waals surface area contributed by atoms with Crippen LogP contribution in [0.4, 0.5) is 5.82 Å². The maximum atomic E-state index is 12.8. The smallest absolute Gasteiger partial charge is 0.256 e. The van der Waals surface area contributed by atoms with Gasteiger partial charge in [0.25, 0.3) is 5.91 Å². The van der Waals surface area contributed by atoms with E-state index in [1.54, 1.807) is 18.5 Å². The van der Waals surface area contributed by atoms with Crippen molar-refractivity contribution in [3.05, 3.63) is 48.5 Å². The minimum atomic E-state index is -2.14. The van der Waals surface area contributed by atoms with Crippen molar-refractivity contribution in [1.29, 1.82) is 0 Å². The second kappa shape index (κ2) is 8.21. The van der Waals surface area contributed by atoms with Crippen molar-refractivity contribution in [1.82, 2.24) is 19.5 Å². The van der Waals surface area contributed by atoms with E-state index in [4.69, 9.17) is 4.43 Å². The van der Waals surface area contributed by atoms with Crippen LogP contribution in [0.15, 0.2) is 43.0 Å². The zero-order valence-corrected chi connectivity index (χ0v) is 22.3. The van der Waals surface area contributed by atoms with E-state index in [1.165, 1.54) is 6.33 Å². The molecule has 0 aliphatic heterocycles. The molecule has 2 fully saturated rings. The molecule has 0 radical (unpaired) electrons. The van der Waals surface area contributed by atoms with Crippen molar-refractivity contribution in [3.63, 3.8) is 0 Å². The molecule has 2 heterocycles. The number of anilines is 1. The highest BCUT2D eigenvalue weighted by Crippen LogP contribution is 2.70. The maximum absolute atomic E-state index is 12.8. The van der Waals surface area contributed by atoms with Crippen LogP contribution in [0.1, 0.15) is 56.9 Å². The van der Waals surface area contributed by atoms with E-state index in [0.717, 1.165) is 12.8 Å². The largest absolute Gasteiger partial charge is 0.409 e. The fourth-order valence-electron chi connectivity index (χ4n) is 5.44. The number of amides is 1. The van der Waals surface area contributed by atoms with E-state index in [-0.39, 0.29) is 28.5 Å². The molecule has 1 amide bonds. The Morgan fingerprint density at radius 1 is 1.23 bits per heavy atom. The second-order valence-electron chi connectivity index (χ2n) is 11.5. The van der Waals surface area contributed by atoms with E-state index in [2.05, 4.69) is 61.1 Å². The van der Waals surface area contributed by atoms with Gasteiger partial charge in [-0.15, -0.1) is 0 Å². The third-order valence-corrected chi connectivity index (χ3v) is 13.1. The van der Waals surface area contributed by atoms with Crippen molar-refractivity contribution in [2.75, 3.05) is 5.32 Å². The molecule has 3 aromatic rings. The number of rotatable bonds is 6. The molecule has 2 aliphatic carbocycles. The number of benzene rings is 1. The minimum absolute atomic E-state index is 0.0253.